The number of aromatic nitrogens is 2. The molecule has 0 radical (unpaired) electrons. The van der Waals surface area contributed by atoms with Crippen molar-refractivity contribution in [1.82, 2.24) is 20.0 Å². The maximum absolute atomic E-state index is 13.3. The molecular formula is C17H21F4N5. The minimum Gasteiger partial charge on any atom is -0.357 e. The van der Waals surface area contributed by atoms with Crippen molar-refractivity contribution in [2.45, 2.75) is 26.2 Å². The summed E-state index contributed by atoms with van der Waals surface area (Å²) < 4.78 is 53.5. The summed E-state index contributed by atoms with van der Waals surface area (Å²) in [4.78, 5) is 6.00. The van der Waals surface area contributed by atoms with Gasteiger partial charge in [-0.15, -0.1) is 0 Å². The second kappa shape index (κ2) is 8.20. The van der Waals surface area contributed by atoms with Crippen LogP contribution in [-0.4, -0.2) is 34.2 Å². The lowest BCUT2D eigenvalue weighted by molar-refractivity contribution is -0.142. The summed E-state index contributed by atoms with van der Waals surface area (Å²) in [7, 11) is 3.17. The van der Waals surface area contributed by atoms with E-state index >= 15 is 0 Å². The van der Waals surface area contributed by atoms with Crippen molar-refractivity contribution in [2.24, 2.45) is 12.0 Å². The molecule has 1 aromatic heterocycles. The Balaban J connectivity index is 2.18. The molecule has 2 rings (SSSR count). The van der Waals surface area contributed by atoms with Crippen LogP contribution in [-0.2, 0) is 26.3 Å². The van der Waals surface area contributed by atoms with Gasteiger partial charge in [-0.2, -0.15) is 18.3 Å². The van der Waals surface area contributed by atoms with Gasteiger partial charge in [-0.3, -0.25) is 4.68 Å². The smallest absolute Gasteiger partial charge is 0.357 e. The van der Waals surface area contributed by atoms with Gasteiger partial charge >= 0.3 is 6.18 Å². The van der Waals surface area contributed by atoms with Crippen molar-refractivity contribution in [2.75, 3.05) is 13.6 Å². The second-order valence-electron chi connectivity index (χ2n) is 5.83. The highest BCUT2D eigenvalue weighted by Gasteiger charge is 2.36. The standard InChI is InChI=1S/C17H21F4N5/c1-4-22-16(25(2)10-12-6-5-7-14(18)8-12)23-9-13-11-26(3)24-15(13)17(19,20)21/h5-8,11H,4,9-10H2,1-3H3,(H,22,23). The summed E-state index contributed by atoms with van der Waals surface area (Å²) in [5.41, 5.74) is -0.211. The minimum absolute atomic E-state index is 0.00504. The molecule has 5 nitrogen and oxygen atoms in total. The first-order valence-electron chi connectivity index (χ1n) is 8.04. The van der Waals surface area contributed by atoms with Crippen molar-refractivity contribution in [3.8, 4) is 0 Å². The Bertz CT molecular complexity index is 767. The third kappa shape index (κ3) is 5.21. The van der Waals surface area contributed by atoms with Crippen LogP contribution >= 0.6 is 0 Å². The third-order valence-electron chi connectivity index (χ3n) is 3.58. The van der Waals surface area contributed by atoms with Crippen molar-refractivity contribution in [3.05, 3.63) is 53.1 Å². The number of rotatable bonds is 5. The van der Waals surface area contributed by atoms with E-state index in [1.54, 1.807) is 24.1 Å². The van der Waals surface area contributed by atoms with Crippen LogP contribution in [0.3, 0.4) is 0 Å². The van der Waals surface area contributed by atoms with Crippen LogP contribution in [0, 0.1) is 5.82 Å². The average molecular weight is 371 g/mol. The van der Waals surface area contributed by atoms with Crippen molar-refractivity contribution in [1.29, 1.82) is 0 Å². The Morgan fingerprint density at radius 3 is 2.69 bits per heavy atom. The zero-order valence-corrected chi connectivity index (χ0v) is 14.8. The number of guanidine groups is 1. The predicted octanol–water partition coefficient (Wildman–Crippen LogP) is 3.18. The molecule has 0 aliphatic heterocycles. The number of hydrogen-bond donors (Lipinski definition) is 1. The van der Waals surface area contributed by atoms with Gasteiger partial charge in [0.05, 0.1) is 6.54 Å². The largest absolute Gasteiger partial charge is 0.435 e. The highest BCUT2D eigenvalue weighted by atomic mass is 19.4. The summed E-state index contributed by atoms with van der Waals surface area (Å²) in [6, 6.07) is 6.13. The number of hydrogen-bond acceptors (Lipinski definition) is 2. The highest BCUT2D eigenvalue weighted by Crippen LogP contribution is 2.30. The number of benzene rings is 1. The normalized spacial score (nSPS) is 12.3. The lowest BCUT2D eigenvalue weighted by atomic mass is 10.2. The molecule has 9 heteroatoms. The van der Waals surface area contributed by atoms with Gasteiger partial charge in [0.2, 0.25) is 0 Å². The van der Waals surface area contributed by atoms with Gasteiger partial charge in [0.25, 0.3) is 0 Å². The van der Waals surface area contributed by atoms with E-state index in [1.165, 1.54) is 25.4 Å². The van der Waals surface area contributed by atoms with Crippen LogP contribution in [0.25, 0.3) is 0 Å². The molecular weight excluding hydrogens is 350 g/mol. The number of alkyl halides is 3. The van der Waals surface area contributed by atoms with Crippen molar-refractivity contribution in [3.63, 3.8) is 0 Å². The van der Waals surface area contributed by atoms with E-state index in [2.05, 4.69) is 15.4 Å². The van der Waals surface area contributed by atoms with Crippen LogP contribution in [0.5, 0.6) is 0 Å². The Morgan fingerprint density at radius 1 is 1.35 bits per heavy atom. The Labute approximate surface area is 149 Å². The van der Waals surface area contributed by atoms with E-state index in [0.29, 0.717) is 19.0 Å². The fraction of sp³-hybridized carbons (Fsp3) is 0.412. The number of aryl methyl sites for hydroxylation is 1. The van der Waals surface area contributed by atoms with Gasteiger partial charge in [0.1, 0.15) is 5.82 Å². The SMILES string of the molecule is CCNC(=NCc1cn(C)nc1C(F)(F)F)N(C)Cc1cccc(F)c1. The molecule has 0 atom stereocenters. The van der Waals surface area contributed by atoms with E-state index in [-0.39, 0.29) is 17.9 Å². The first-order valence-corrected chi connectivity index (χ1v) is 8.04. The number of halogens is 4. The van der Waals surface area contributed by atoms with Crippen molar-refractivity contribution >= 4 is 5.96 Å². The lowest BCUT2D eigenvalue weighted by Gasteiger charge is -2.22. The molecule has 1 heterocycles. The summed E-state index contributed by atoms with van der Waals surface area (Å²) >= 11 is 0. The Morgan fingerprint density at radius 2 is 2.08 bits per heavy atom. The van der Waals surface area contributed by atoms with E-state index in [9.17, 15) is 17.6 Å². The number of aliphatic imine (C=N–C) groups is 1. The molecule has 26 heavy (non-hydrogen) atoms. The molecule has 0 aliphatic rings. The minimum atomic E-state index is -4.53. The number of nitrogens with one attached hydrogen (secondary N) is 1. The van der Waals surface area contributed by atoms with Crippen LogP contribution in [0.1, 0.15) is 23.7 Å². The fourth-order valence-corrected chi connectivity index (χ4v) is 2.51. The first-order chi connectivity index (χ1) is 12.2. The van der Waals surface area contributed by atoms with Crippen LogP contribution < -0.4 is 5.32 Å². The van der Waals surface area contributed by atoms with Crippen LogP contribution in [0.2, 0.25) is 0 Å². The van der Waals surface area contributed by atoms with E-state index in [1.807, 2.05) is 6.92 Å². The molecule has 0 aliphatic carbocycles. The average Bonchev–Trinajstić information content (AvgIpc) is 2.92. The van der Waals surface area contributed by atoms with Gasteiger partial charge in [-0.25, -0.2) is 9.38 Å². The summed E-state index contributed by atoms with van der Waals surface area (Å²) in [5.74, 6) is 0.0803. The molecule has 142 valence electrons. The molecule has 1 N–H and O–H groups in total. The zero-order valence-electron chi connectivity index (χ0n) is 14.8. The van der Waals surface area contributed by atoms with Crippen molar-refractivity contribution < 1.29 is 17.6 Å². The lowest BCUT2D eigenvalue weighted by Crippen LogP contribution is -2.38. The van der Waals surface area contributed by atoms with E-state index < -0.39 is 11.9 Å². The molecule has 0 bridgehead atoms. The monoisotopic (exact) mass is 371 g/mol. The molecule has 1 aromatic carbocycles. The molecule has 0 fully saturated rings. The second-order valence-corrected chi connectivity index (χ2v) is 5.83. The quantitative estimate of drug-likeness (QED) is 0.499. The molecule has 0 unspecified atom stereocenters. The van der Waals surface area contributed by atoms with E-state index in [4.69, 9.17) is 0 Å². The van der Waals surface area contributed by atoms with Crippen LogP contribution in [0.15, 0.2) is 35.5 Å². The number of nitrogens with zero attached hydrogens (tertiary/aromatic N) is 4. The third-order valence-corrected chi connectivity index (χ3v) is 3.58. The summed E-state index contributed by atoms with van der Waals surface area (Å²) in [5, 5.41) is 6.50. The van der Waals surface area contributed by atoms with Gasteiger partial charge in [0.15, 0.2) is 11.7 Å². The van der Waals surface area contributed by atoms with Gasteiger partial charge in [-0.1, -0.05) is 12.1 Å². The molecule has 0 spiro atoms. The molecule has 0 saturated carbocycles. The van der Waals surface area contributed by atoms with E-state index in [0.717, 1.165) is 10.2 Å². The summed E-state index contributed by atoms with van der Waals surface area (Å²) in [6.45, 7) is 2.60. The Kier molecular flexibility index (Phi) is 6.23. The predicted molar refractivity (Wildman–Crippen MR) is 90.9 cm³/mol. The highest BCUT2D eigenvalue weighted by molar-refractivity contribution is 5.79. The van der Waals surface area contributed by atoms with Gasteiger partial charge < -0.3 is 10.2 Å². The Hall–Kier alpha value is -2.58. The maximum atomic E-state index is 13.3. The zero-order chi connectivity index (χ0) is 19.3. The van der Waals surface area contributed by atoms with Crippen LogP contribution in [0.4, 0.5) is 17.6 Å². The topological polar surface area (TPSA) is 45.5 Å². The summed E-state index contributed by atoms with van der Waals surface area (Å²) in [6.07, 6.45) is -3.22. The van der Waals surface area contributed by atoms with Gasteiger partial charge in [-0.05, 0) is 24.6 Å². The van der Waals surface area contributed by atoms with Gasteiger partial charge in [0, 0.05) is 38.9 Å². The molecule has 0 amide bonds. The fourth-order valence-electron chi connectivity index (χ4n) is 2.51. The molecule has 0 saturated heterocycles. The molecule has 2 aromatic rings. The maximum Gasteiger partial charge on any atom is 0.435 e. The first kappa shape index (κ1) is 19.7.